The van der Waals surface area contributed by atoms with Gasteiger partial charge in [0, 0.05) is 37.7 Å². The van der Waals surface area contributed by atoms with Gasteiger partial charge in [-0.25, -0.2) is 4.39 Å². The maximum atomic E-state index is 13.5. The minimum atomic E-state index is -0.441. The number of rotatable bonds is 2. The lowest BCUT2D eigenvalue weighted by molar-refractivity contribution is -0.134. The van der Waals surface area contributed by atoms with Crippen LogP contribution in [0.2, 0.25) is 0 Å². The van der Waals surface area contributed by atoms with Crippen molar-refractivity contribution in [2.75, 3.05) is 26.2 Å². The number of nitrogens with zero attached hydrogens (tertiary/aromatic N) is 2. The van der Waals surface area contributed by atoms with Crippen LogP contribution in [0.25, 0.3) is 0 Å². The zero-order chi connectivity index (χ0) is 15.0. The lowest BCUT2D eigenvalue weighted by Crippen LogP contribution is -2.51. The third-order valence-corrected chi connectivity index (χ3v) is 4.61. The highest BCUT2D eigenvalue weighted by atomic mass is 79.9. The molecule has 1 saturated carbocycles. The lowest BCUT2D eigenvalue weighted by atomic mass is 10.1. The Kier molecular flexibility index (Phi) is 3.97. The van der Waals surface area contributed by atoms with Crippen molar-refractivity contribution in [3.63, 3.8) is 0 Å². The summed E-state index contributed by atoms with van der Waals surface area (Å²) in [6.45, 7) is 2.16. The average Bonchev–Trinajstić information content (AvgIpc) is 3.33. The van der Waals surface area contributed by atoms with Gasteiger partial charge in [-0.1, -0.05) is 0 Å². The molecule has 0 bridgehead atoms. The number of carbonyl (C=O) groups is 2. The van der Waals surface area contributed by atoms with Gasteiger partial charge in [0.1, 0.15) is 5.82 Å². The van der Waals surface area contributed by atoms with E-state index >= 15 is 0 Å². The summed E-state index contributed by atoms with van der Waals surface area (Å²) in [6.07, 6.45) is 1.99. The first kappa shape index (κ1) is 14.5. The highest BCUT2D eigenvalue weighted by Gasteiger charge is 2.35. The molecule has 21 heavy (non-hydrogen) atoms. The van der Waals surface area contributed by atoms with Crippen LogP contribution in [0.1, 0.15) is 23.2 Å². The van der Waals surface area contributed by atoms with Gasteiger partial charge in [0.2, 0.25) is 5.91 Å². The van der Waals surface area contributed by atoms with Crippen molar-refractivity contribution in [1.29, 1.82) is 0 Å². The molecule has 0 unspecified atom stereocenters. The number of benzene rings is 1. The van der Waals surface area contributed by atoms with Gasteiger partial charge in [0.25, 0.3) is 5.91 Å². The molecule has 1 aliphatic heterocycles. The normalized spacial score (nSPS) is 18.8. The van der Waals surface area contributed by atoms with Gasteiger partial charge in [-0.15, -0.1) is 0 Å². The molecule has 1 aromatic carbocycles. The van der Waals surface area contributed by atoms with E-state index in [0.717, 1.165) is 12.8 Å². The van der Waals surface area contributed by atoms with Crippen LogP contribution >= 0.6 is 15.9 Å². The maximum absolute atomic E-state index is 13.5. The summed E-state index contributed by atoms with van der Waals surface area (Å²) < 4.78 is 13.8. The Labute approximate surface area is 131 Å². The SMILES string of the molecule is O=C(c1ccc(Br)c(F)c1)N1CCN(C(=O)C2CC2)CC1. The monoisotopic (exact) mass is 354 g/mol. The molecular weight excluding hydrogens is 339 g/mol. The Balaban J connectivity index is 1.61. The summed E-state index contributed by atoms with van der Waals surface area (Å²) in [7, 11) is 0. The molecule has 1 aromatic rings. The van der Waals surface area contributed by atoms with Crippen LogP contribution in [-0.4, -0.2) is 47.8 Å². The van der Waals surface area contributed by atoms with Gasteiger partial charge in [-0.05, 0) is 47.0 Å². The Bertz CT molecular complexity index is 581. The zero-order valence-electron chi connectivity index (χ0n) is 11.5. The third kappa shape index (κ3) is 3.10. The van der Waals surface area contributed by atoms with Crippen LogP contribution in [0.3, 0.4) is 0 Å². The topological polar surface area (TPSA) is 40.6 Å². The second-order valence-corrected chi connectivity index (χ2v) is 6.37. The van der Waals surface area contributed by atoms with Crippen molar-refractivity contribution in [2.45, 2.75) is 12.8 Å². The minimum Gasteiger partial charge on any atom is -0.339 e. The van der Waals surface area contributed by atoms with E-state index in [9.17, 15) is 14.0 Å². The number of hydrogen-bond donors (Lipinski definition) is 0. The van der Waals surface area contributed by atoms with Crippen LogP contribution in [0, 0.1) is 11.7 Å². The quantitative estimate of drug-likeness (QED) is 0.817. The van der Waals surface area contributed by atoms with Gasteiger partial charge in [-0.3, -0.25) is 9.59 Å². The minimum absolute atomic E-state index is 0.181. The number of piperazine rings is 1. The van der Waals surface area contributed by atoms with E-state index in [4.69, 9.17) is 0 Å². The van der Waals surface area contributed by atoms with E-state index in [1.165, 1.54) is 12.1 Å². The molecule has 3 rings (SSSR count). The second-order valence-electron chi connectivity index (χ2n) is 5.52. The molecule has 0 atom stereocenters. The van der Waals surface area contributed by atoms with Gasteiger partial charge >= 0.3 is 0 Å². The molecule has 0 spiro atoms. The number of amides is 2. The molecule has 2 aliphatic rings. The molecule has 1 aliphatic carbocycles. The molecular formula is C15H16BrFN2O2. The van der Waals surface area contributed by atoms with Crippen molar-refractivity contribution >= 4 is 27.7 Å². The smallest absolute Gasteiger partial charge is 0.254 e. The molecule has 1 saturated heterocycles. The lowest BCUT2D eigenvalue weighted by Gasteiger charge is -2.35. The van der Waals surface area contributed by atoms with Gasteiger partial charge < -0.3 is 9.80 Å². The first-order valence-corrected chi connectivity index (χ1v) is 7.88. The predicted octanol–water partition coefficient (Wildman–Crippen LogP) is 2.28. The molecule has 0 N–H and O–H groups in total. The largest absolute Gasteiger partial charge is 0.339 e. The van der Waals surface area contributed by atoms with Gasteiger partial charge in [0.05, 0.1) is 4.47 Å². The second kappa shape index (κ2) is 5.75. The van der Waals surface area contributed by atoms with E-state index < -0.39 is 5.82 Å². The van der Waals surface area contributed by atoms with E-state index in [1.54, 1.807) is 11.0 Å². The molecule has 4 nitrogen and oxygen atoms in total. The molecule has 0 radical (unpaired) electrons. The van der Waals surface area contributed by atoms with E-state index in [-0.39, 0.29) is 17.7 Å². The Hall–Kier alpha value is -1.43. The molecule has 112 valence electrons. The fraction of sp³-hybridized carbons (Fsp3) is 0.467. The first-order chi connectivity index (χ1) is 10.1. The van der Waals surface area contributed by atoms with Crippen LogP contribution in [0.4, 0.5) is 4.39 Å². The number of halogens is 2. The van der Waals surface area contributed by atoms with Crippen molar-refractivity contribution in [2.24, 2.45) is 5.92 Å². The van der Waals surface area contributed by atoms with E-state index in [2.05, 4.69) is 15.9 Å². The highest BCUT2D eigenvalue weighted by Crippen LogP contribution is 2.31. The summed E-state index contributed by atoms with van der Waals surface area (Å²) in [6, 6.07) is 4.39. The fourth-order valence-corrected chi connectivity index (χ4v) is 2.78. The summed E-state index contributed by atoms with van der Waals surface area (Å²) >= 11 is 3.07. The van der Waals surface area contributed by atoms with E-state index in [0.29, 0.717) is 36.2 Å². The van der Waals surface area contributed by atoms with Crippen LogP contribution in [0.5, 0.6) is 0 Å². The Morgan fingerprint density at radius 2 is 1.71 bits per heavy atom. The summed E-state index contributed by atoms with van der Waals surface area (Å²) in [4.78, 5) is 27.8. The zero-order valence-corrected chi connectivity index (χ0v) is 13.1. The Morgan fingerprint density at radius 3 is 2.29 bits per heavy atom. The fourth-order valence-electron chi connectivity index (χ4n) is 2.53. The standard InChI is InChI=1S/C15H16BrFN2O2/c16-12-4-3-11(9-13(12)17)15(21)19-7-5-18(6-8-19)14(20)10-1-2-10/h3-4,9-10H,1-2,5-8H2. The third-order valence-electron chi connectivity index (χ3n) is 3.97. The molecule has 2 fully saturated rings. The predicted molar refractivity (Wildman–Crippen MR) is 79.3 cm³/mol. The summed E-state index contributed by atoms with van der Waals surface area (Å²) in [5.41, 5.74) is 0.345. The van der Waals surface area contributed by atoms with Crippen LogP contribution in [-0.2, 0) is 4.79 Å². The maximum Gasteiger partial charge on any atom is 0.254 e. The summed E-state index contributed by atoms with van der Waals surface area (Å²) in [5.74, 6) is -0.187. The summed E-state index contributed by atoms with van der Waals surface area (Å²) in [5, 5.41) is 0. The average molecular weight is 355 g/mol. The first-order valence-electron chi connectivity index (χ1n) is 7.09. The molecule has 1 heterocycles. The Morgan fingerprint density at radius 1 is 1.10 bits per heavy atom. The molecule has 6 heteroatoms. The van der Waals surface area contributed by atoms with Crippen molar-refractivity contribution in [3.8, 4) is 0 Å². The number of carbonyl (C=O) groups excluding carboxylic acids is 2. The van der Waals surface area contributed by atoms with Crippen LogP contribution < -0.4 is 0 Å². The van der Waals surface area contributed by atoms with E-state index in [1.807, 2.05) is 4.90 Å². The molecule has 2 amide bonds. The van der Waals surface area contributed by atoms with Gasteiger partial charge in [-0.2, -0.15) is 0 Å². The number of hydrogen-bond acceptors (Lipinski definition) is 2. The van der Waals surface area contributed by atoms with Crippen LogP contribution in [0.15, 0.2) is 22.7 Å². The highest BCUT2D eigenvalue weighted by molar-refractivity contribution is 9.10. The van der Waals surface area contributed by atoms with Crippen molar-refractivity contribution < 1.29 is 14.0 Å². The van der Waals surface area contributed by atoms with Crippen molar-refractivity contribution in [1.82, 2.24) is 9.80 Å². The van der Waals surface area contributed by atoms with Crippen molar-refractivity contribution in [3.05, 3.63) is 34.1 Å². The van der Waals surface area contributed by atoms with Gasteiger partial charge in [0.15, 0.2) is 0 Å². The molecule has 0 aromatic heterocycles.